The molecule has 2 N–H and O–H groups in total. The summed E-state index contributed by atoms with van der Waals surface area (Å²) in [5, 5.41) is 9.98. The molecule has 0 aromatic rings. The third-order valence-electron chi connectivity index (χ3n) is 0.407. The van der Waals surface area contributed by atoms with Gasteiger partial charge < -0.3 is 10.6 Å². The minimum Gasteiger partial charge on any atom is -0.876 e. The molecule has 0 aromatic carbocycles. The van der Waals surface area contributed by atoms with E-state index < -0.39 is 0 Å². The van der Waals surface area contributed by atoms with Crippen LogP contribution in [0.25, 0.3) is 0 Å². The molecule has 0 aliphatic carbocycles. The third kappa shape index (κ3) is 17.8. The molecular formula is C5H9ErO3+2. The molecule has 3 nitrogen and oxygen atoms in total. The molecule has 0 amide bonds. The maximum atomic E-state index is 9.98. The Morgan fingerprint density at radius 1 is 1.44 bits per heavy atom. The van der Waals surface area contributed by atoms with Crippen LogP contribution in [0.2, 0.25) is 0 Å². The van der Waals surface area contributed by atoms with E-state index in [2.05, 4.69) is 0 Å². The normalized spacial score (nSPS) is 8.89. The van der Waals surface area contributed by atoms with Gasteiger partial charge in [-0.3, -0.25) is 4.79 Å². The fraction of sp³-hybridized carbons (Fsp3) is 0.400. The molecule has 4 heteroatoms. The van der Waals surface area contributed by atoms with Crippen LogP contribution in [0, 0.1) is 37.3 Å². The Kier molecular flexibility index (Phi) is 15.2. The Labute approximate surface area is 83.7 Å². The molecule has 57 valence electrons. The van der Waals surface area contributed by atoms with E-state index in [-0.39, 0.29) is 54.3 Å². The van der Waals surface area contributed by atoms with Gasteiger partial charge in [0.25, 0.3) is 0 Å². The van der Waals surface area contributed by atoms with Gasteiger partial charge in [-0.2, -0.15) is 0 Å². The number of hydrogen-bond acceptors (Lipinski definition) is 2. The molecule has 0 saturated heterocycles. The van der Waals surface area contributed by atoms with Crippen LogP contribution in [0.4, 0.5) is 0 Å². The summed E-state index contributed by atoms with van der Waals surface area (Å²) in [6, 6.07) is 0. The van der Waals surface area contributed by atoms with Gasteiger partial charge in [-0.05, 0) is 13.0 Å². The fourth-order valence-electron chi connectivity index (χ4n) is 0.286. The molecular weight excluding hydrogens is 275 g/mol. The van der Waals surface area contributed by atoms with Crippen molar-refractivity contribution in [2.75, 3.05) is 0 Å². The summed E-state index contributed by atoms with van der Waals surface area (Å²) in [5.41, 5.74) is 0. The van der Waals surface area contributed by atoms with Gasteiger partial charge in [0, 0.05) is 0 Å². The van der Waals surface area contributed by atoms with Crippen molar-refractivity contribution in [3.63, 3.8) is 0 Å². The Morgan fingerprint density at radius 3 is 1.78 bits per heavy atom. The van der Waals surface area contributed by atoms with Gasteiger partial charge in [0.2, 0.25) is 0 Å². The molecule has 0 bridgehead atoms. The molecule has 0 saturated carbocycles. The SMILES string of the molecule is CC(=O)/C=C(/C)[O-].O.[Er+3]. The molecule has 0 atom stereocenters. The zero-order valence-electron chi connectivity index (χ0n) is 5.18. The number of carbonyl (C=O) groups excluding carboxylic acids is 1. The second kappa shape index (κ2) is 8.42. The molecule has 0 rings (SSSR count). The third-order valence-corrected chi connectivity index (χ3v) is 0.407. The van der Waals surface area contributed by atoms with Gasteiger partial charge in [-0.15, -0.1) is 5.76 Å². The second-order valence-electron chi connectivity index (χ2n) is 1.37. The van der Waals surface area contributed by atoms with E-state index in [4.69, 9.17) is 0 Å². The fourth-order valence-corrected chi connectivity index (χ4v) is 0.286. The van der Waals surface area contributed by atoms with Gasteiger partial charge in [-0.25, -0.2) is 0 Å². The molecule has 0 aliphatic rings. The van der Waals surface area contributed by atoms with Gasteiger partial charge in [0.15, 0.2) is 5.78 Å². The van der Waals surface area contributed by atoms with Crippen molar-refractivity contribution in [1.82, 2.24) is 0 Å². The van der Waals surface area contributed by atoms with E-state index in [1.807, 2.05) is 0 Å². The average molecular weight is 284 g/mol. The van der Waals surface area contributed by atoms with Crippen molar-refractivity contribution >= 4 is 5.78 Å². The van der Waals surface area contributed by atoms with Crippen molar-refractivity contribution in [3.05, 3.63) is 11.8 Å². The molecule has 0 fully saturated rings. The summed E-state index contributed by atoms with van der Waals surface area (Å²) in [6.07, 6.45) is 1.06. The van der Waals surface area contributed by atoms with Gasteiger partial charge in [0.1, 0.15) is 0 Å². The largest absolute Gasteiger partial charge is 3.00 e. The molecule has 0 spiro atoms. The molecule has 0 heterocycles. The van der Waals surface area contributed by atoms with Crippen LogP contribution in [-0.2, 0) is 4.79 Å². The van der Waals surface area contributed by atoms with Crippen LogP contribution in [0.15, 0.2) is 11.8 Å². The van der Waals surface area contributed by atoms with Crippen LogP contribution in [-0.4, -0.2) is 11.3 Å². The molecule has 9 heavy (non-hydrogen) atoms. The van der Waals surface area contributed by atoms with Crippen LogP contribution in [0.5, 0.6) is 0 Å². The average Bonchev–Trinajstić information content (AvgIpc) is 1.27. The zero-order valence-corrected chi connectivity index (χ0v) is 7.03. The first-order valence-electron chi connectivity index (χ1n) is 1.99. The molecule has 0 unspecified atom stereocenters. The summed E-state index contributed by atoms with van der Waals surface area (Å²) in [6.45, 7) is 2.70. The first-order valence-corrected chi connectivity index (χ1v) is 1.99. The predicted octanol–water partition coefficient (Wildman–Crippen LogP) is -0.985. The minimum atomic E-state index is -0.187. The summed E-state index contributed by atoms with van der Waals surface area (Å²) >= 11 is 0. The second-order valence-corrected chi connectivity index (χ2v) is 1.37. The van der Waals surface area contributed by atoms with Crippen LogP contribution in [0.1, 0.15) is 13.8 Å². The number of hydrogen-bond donors (Lipinski definition) is 0. The standard InChI is InChI=1S/C5H8O2.Er.H2O/c1-4(6)3-5(2)7;;/h3,6H,1-2H3;;1H2/q;+3;/p-1/b4-3-;;. The molecule has 1 radical (unpaired) electrons. The summed E-state index contributed by atoms with van der Waals surface area (Å²) in [4.78, 5) is 9.98. The Bertz CT molecular complexity index is 105. The summed E-state index contributed by atoms with van der Waals surface area (Å²) in [7, 11) is 0. The number of rotatable bonds is 1. The molecule has 0 aliphatic heterocycles. The van der Waals surface area contributed by atoms with E-state index in [9.17, 15) is 9.90 Å². The predicted molar refractivity (Wildman–Crippen MR) is 28.1 cm³/mol. The van der Waals surface area contributed by atoms with Crippen molar-refractivity contribution in [3.8, 4) is 0 Å². The van der Waals surface area contributed by atoms with Crippen molar-refractivity contribution in [2.24, 2.45) is 0 Å². The van der Waals surface area contributed by atoms with Gasteiger partial charge >= 0.3 is 37.3 Å². The number of allylic oxidation sites excluding steroid dienone is 2. The zero-order chi connectivity index (χ0) is 5.86. The van der Waals surface area contributed by atoms with Gasteiger partial charge in [-0.1, -0.05) is 6.92 Å². The summed E-state index contributed by atoms with van der Waals surface area (Å²) < 4.78 is 0. The van der Waals surface area contributed by atoms with Crippen molar-refractivity contribution in [1.29, 1.82) is 0 Å². The van der Waals surface area contributed by atoms with E-state index in [0.717, 1.165) is 6.08 Å². The first-order chi connectivity index (χ1) is 3.13. The number of carbonyl (C=O) groups is 1. The minimum absolute atomic E-state index is 0. The Balaban J connectivity index is -0.000000180. The Hall–Kier alpha value is 0.417. The first kappa shape index (κ1) is 16.2. The van der Waals surface area contributed by atoms with Crippen molar-refractivity contribution < 1.29 is 52.7 Å². The van der Waals surface area contributed by atoms with Crippen LogP contribution in [0.3, 0.4) is 0 Å². The monoisotopic (exact) mass is 283 g/mol. The smallest absolute Gasteiger partial charge is 0.876 e. The Morgan fingerprint density at radius 2 is 1.78 bits per heavy atom. The molecule has 0 aromatic heterocycles. The van der Waals surface area contributed by atoms with Crippen molar-refractivity contribution in [2.45, 2.75) is 13.8 Å². The maximum Gasteiger partial charge on any atom is 3.00 e. The van der Waals surface area contributed by atoms with E-state index in [0.29, 0.717) is 0 Å². The van der Waals surface area contributed by atoms with Gasteiger partial charge in [0.05, 0.1) is 0 Å². The van der Waals surface area contributed by atoms with Crippen LogP contribution >= 0.6 is 0 Å². The van der Waals surface area contributed by atoms with E-state index in [1.165, 1.54) is 13.8 Å². The maximum absolute atomic E-state index is 9.98. The van der Waals surface area contributed by atoms with Crippen LogP contribution < -0.4 is 5.11 Å². The van der Waals surface area contributed by atoms with E-state index >= 15 is 0 Å². The topological polar surface area (TPSA) is 71.6 Å². The summed E-state index contributed by atoms with van der Waals surface area (Å²) in [5.74, 6) is -0.375. The quantitative estimate of drug-likeness (QED) is 0.458. The number of ketones is 1. The van der Waals surface area contributed by atoms with E-state index in [1.54, 1.807) is 0 Å².